The highest BCUT2D eigenvalue weighted by Crippen LogP contribution is 2.17. The summed E-state index contributed by atoms with van der Waals surface area (Å²) in [5, 5.41) is 13.2. The SMILES string of the molecule is CC(C)Cn1ccnc1NC(=O)c1n[nH]c2c1CNCC2. The molecule has 3 rings (SSSR count). The topological polar surface area (TPSA) is 87.6 Å². The van der Waals surface area contributed by atoms with Gasteiger partial charge in [0.1, 0.15) is 0 Å². The van der Waals surface area contributed by atoms with Crippen LogP contribution in [0.15, 0.2) is 12.4 Å². The zero-order valence-corrected chi connectivity index (χ0v) is 12.3. The molecular formula is C14H20N6O. The lowest BCUT2D eigenvalue weighted by Gasteiger charge is -2.13. The summed E-state index contributed by atoms with van der Waals surface area (Å²) >= 11 is 0. The number of aromatic nitrogens is 4. The van der Waals surface area contributed by atoms with E-state index < -0.39 is 0 Å². The van der Waals surface area contributed by atoms with E-state index in [-0.39, 0.29) is 5.91 Å². The molecule has 7 nitrogen and oxygen atoms in total. The van der Waals surface area contributed by atoms with Gasteiger partial charge in [0.25, 0.3) is 5.91 Å². The fourth-order valence-corrected chi connectivity index (χ4v) is 2.55. The quantitative estimate of drug-likeness (QED) is 0.788. The Morgan fingerprint density at radius 2 is 2.38 bits per heavy atom. The number of anilines is 1. The number of imidazole rings is 1. The largest absolute Gasteiger partial charge is 0.317 e. The van der Waals surface area contributed by atoms with Crippen molar-refractivity contribution in [3.63, 3.8) is 0 Å². The Morgan fingerprint density at radius 1 is 1.52 bits per heavy atom. The number of amides is 1. The van der Waals surface area contributed by atoms with E-state index in [1.807, 2.05) is 10.8 Å². The minimum atomic E-state index is -0.215. The van der Waals surface area contributed by atoms with Crippen molar-refractivity contribution in [2.24, 2.45) is 5.92 Å². The van der Waals surface area contributed by atoms with Gasteiger partial charge in [-0.25, -0.2) is 4.98 Å². The maximum Gasteiger partial charge on any atom is 0.278 e. The summed E-state index contributed by atoms with van der Waals surface area (Å²) < 4.78 is 1.94. The van der Waals surface area contributed by atoms with Crippen molar-refractivity contribution in [1.29, 1.82) is 0 Å². The van der Waals surface area contributed by atoms with Gasteiger partial charge in [-0.15, -0.1) is 0 Å². The Kier molecular flexibility index (Phi) is 3.74. The molecule has 0 aromatic carbocycles. The molecule has 1 aliphatic heterocycles. The van der Waals surface area contributed by atoms with Crippen molar-refractivity contribution < 1.29 is 4.79 Å². The molecule has 0 spiro atoms. The van der Waals surface area contributed by atoms with E-state index in [0.717, 1.165) is 30.8 Å². The smallest absolute Gasteiger partial charge is 0.278 e. The monoisotopic (exact) mass is 288 g/mol. The van der Waals surface area contributed by atoms with E-state index >= 15 is 0 Å². The van der Waals surface area contributed by atoms with E-state index in [9.17, 15) is 4.79 Å². The molecule has 1 amide bonds. The van der Waals surface area contributed by atoms with E-state index in [2.05, 4.69) is 39.7 Å². The summed E-state index contributed by atoms with van der Waals surface area (Å²) in [6.45, 7) is 6.66. The molecule has 1 aliphatic rings. The lowest BCUT2D eigenvalue weighted by molar-refractivity contribution is 0.101. The van der Waals surface area contributed by atoms with Gasteiger partial charge < -0.3 is 9.88 Å². The fraction of sp³-hybridized carbons (Fsp3) is 0.500. The van der Waals surface area contributed by atoms with Crippen molar-refractivity contribution in [2.75, 3.05) is 11.9 Å². The molecule has 0 saturated carbocycles. The number of fused-ring (bicyclic) bond motifs is 1. The maximum absolute atomic E-state index is 12.4. The highest BCUT2D eigenvalue weighted by atomic mass is 16.2. The molecule has 7 heteroatoms. The number of carbonyl (C=O) groups excluding carboxylic acids is 1. The lowest BCUT2D eigenvalue weighted by atomic mass is 10.1. The first-order valence-corrected chi connectivity index (χ1v) is 7.24. The standard InChI is InChI=1S/C14H20N6O/c1-9(2)8-20-6-5-16-14(20)17-13(21)12-10-7-15-4-3-11(10)18-19-12/h5-6,9,15H,3-4,7-8H2,1-2H3,(H,18,19)(H,16,17,21). The molecule has 21 heavy (non-hydrogen) atoms. The van der Waals surface area contributed by atoms with Crippen LogP contribution in [0.5, 0.6) is 0 Å². The van der Waals surface area contributed by atoms with E-state index in [4.69, 9.17) is 0 Å². The molecule has 112 valence electrons. The van der Waals surface area contributed by atoms with Gasteiger partial charge in [-0.3, -0.25) is 15.2 Å². The predicted octanol–water partition coefficient (Wildman–Crippen LogP) is 1.16. The van der Waals surface area contributed by atoms with Gasteiger partial charge in [0.05, 0.1) is 0 Å². The predicted molar refractivity (Wildman–Crippen MR) is 79.0 cm³/mol. The lowest BCUT2D eigenvalue weighted by Crippen LogP contribution is -2.26. The zero-order chi connectivity index (χ0) is 14.8. The Balaban J connectivity index is 1.78. The van der Waals surface area contributed by atoms with Gasteiger partial charge in [-0.1, -0.05) is 13.8 Å². The number of nitrogens with zero attached hydrogens (tertiary/aromatic N) is 3. The molecule has 0 aliphatic carbocycles. The average molecular weight is 288 g/mol. The normalized spacial score (nSPS) is 14.2. The summed E-state index contributed by atoms with van der Waals surface area (Å²) in [7, 11) is 0. The number of aromatic amines is 1. The number of rotatable bonds is 4. The van der Waals surface area contributed by atoms with Crippen LogP contribution in [0.25, 0.3) is 0 Å². The molecule has 2 aromatic heterocycles. The Hall–Kier alpha value is -2.15. The van der Waals surface area contributed by atoms with Gasteiger partial charge in [-0.2, -0.15) is 5.10 Å². The molecule has 3 heterocycles. The first-order chi connectivity index (χ1) is 10.1. The molecule has 3 N–H and O–H groups in total. The molecule has 2 aromatic rings. The van der Waals surface area contributed by atoms with Crippen LogP contribution >= 0.6 is 0 Å². The maximum atomic E-state index is 12.4. The van der Waals surface area contributed by atoms with Crippen LogP contribution in [0.2, 0.25) is 0 Å². The molecular weight excluding hydrogens is 268 g/mol. The fourth-order valence-electron chi connectivity index (χ4n) is 2.55. The van der Waals surface area contributed by atoms with Crippen LogP contribution in [0.3, 0.4) is 0 Å². The molecule has 0 fully saturated rings. The first-order valence-electron chi connectivity index (χ1n) is 7.24. The minimum Gasteiger partial charge on any atom is -0.317 e. The number of carbonyl (C=O) groups is 1. The average Bonchev–Trinajstić information content (AvgIpc) is 3.05. The number of hydrogen-bond acceptors (Lipinski definition) is 4. The zero-order valence-electron chi connectivity index (χ0n) is 12.3. The van der Waals surface area contributed by atoms with Gasteiger partial charge in [0.2, 0.25) is 5.95 Å². The van der Waals surface area contributed by atoms with Crippen LogP contribution in [0.1, 0.15) is 35.6 Å². The number of hydrogen-bond donors (Lipinski definition) is 3. The summed E-state index contributed by atoms with van der Waals surface area (Å²) in [6.07, 6.45) is 4.44. The van der Waals surface area contributed by atoms with E-state index in [1.54, 1.807) is 6.20 Å². The van der Waals surface area contributed by atoms with Crippen molar-refractivity contribution in [1.82, 2.24) is 25.1 Å². The van der Waals surface area contributed by atoms with Crippen LogP contribution in [-0.2, 0) is 19.5 Å². The van der Waals surface area contributed by atoms with Crippen LogP contribution < -0.4 is 10.6 Å². The summed E-state index contributed by atoms with van der Waals surface area (Å²) in [5.74, 6) is 0.832. The number of H-pyrrole nitrogens is 1. The van der Waals surface area contributed by atoms with E-state index in [1.165, 1.54) is 0 Å². The second-order valence-corrected chi connectivity index (χ2v) is 5.71. The van der Waals surface area contributed by atoms with Crippen molar-refractivity contribution in [3.05, 3.63) is 29.3 Å². The van der Waals surface area contributed by atoms with Crippen LogP contribution in [0.4, 0.5) is 5.95 Å². The summed E-state index contributed by atoms with van der Waals surface area (Å²) in [5.41, 5.74) is 2.46. The second-order valence-electron chi connectivity index (χ2n) is 5.71. The first kappa shape index (κ1) is 13.8. The summed E-state index contributed by atoms with van der Waals surface area (Å²) in [4.78, 5) is 16.6. The van der Waals surface area contributed by atoms with Crippen molar-refractivity contribution in [2.45, 2.75) is 33.4 Å². The minimum absolute atomic E-state index is 0.215. The highest BCUT2D eigenvalue weighted by Gasteiger charge is 2.22. The second kappa shape index (κ2) is 5.69. The third-order valence-electron chi connectivity index (χ3n) is 3.52. The van der Waals surface area contributed by atoms with Gasteiger partial charge in [0.15, 0.2) is 5.69 Å². The molecule has 0 saturated heterocycles. The van der Waals surface area contributed by atoms with Crippen molar-refractivity contribution in [3.8, 4) is 0 Å². The molecule has 0 unspecified atom stereocenters. The van der Waals surface area contributed by atoms with Gasteiger partial charge >= 0.3 is 0 Å². The highest BCUT2D eigenvalue weighted by molar-refractivity contribution is 6.03. The third-order valence-corrected chi connectivity index (χ3v) is 3.52. The third kappa shape index (κ3) is 2.82. The Bertz CT molecular complexity index is 642. The molecule has 0 atom stereocenters. The van der Waals surface area contributed by atoms with Gasteiger partial charge in [0, 0.05) is 49.7 Å². The van der Waals surface area contributed by atoms with Crippen LogP contribution in [-0.4, -0.2) is 32.2 Å². The molecule has 0 bridgehead atoms. The van der Waals surface area contributed by atoms with Gasteiger partial charge in [-0.05, 0) is 5.92 Å². The number of nitrogens with one attached hydrogen (secondary N) is 3. The summed E-state index contributed by atoms with van der Waals surface area (Å²) in [6, 6.07) is 0. The van der Waals surface area contributed by atoms with Crippen molar-refractivity contribution >= 4 is 11.9 Å². The Labute approximate surface area is 123 Å². The van der Waals surface area contributed by atoms with Crippen LogP contribution in [0, 0.1) is 5.92 Å². The van der Waals surface area contributed by atoms with E-state index in [0.29, 0.717) is 24.1 Å². The molecule has 0 radical (unpaired) electrons. The Morgan fingerprint density at radius 3 is 3.19 bits per heavy atom.